The zero-order valence-electron chi connectivity index (χ0n) is 16.4. The molecule has 2 N–H and O–H groups in total. The Morgan fingerprint density at radius 1 is 1.24 bits per heavy atom. The van der Waals surface area contributed by atoms with Crippen LogP contribution in [-0.2, 0) is 0 Å². The van der Waals surface area contributed by atoms with Gasteiger partial charge < -0.3 is 15.0 Å². The molecule has 1 aromatic carbocycles. The van der Waals surface area contributed by atoms with Gasteiger partial charge in [0.05, 0.1) is 29.5 Å². The molecular weight excluding hydrogens is 364 g/mol. The van der Waals surface area contributed by atoms with Crippen molar-refractivity contribution in [1.82, 2.24) is 19.3 Å². The number of ether oxygens (including phenoxy) is 1. The molecule has 1 saturated carbocycles. The molecule has 7 nitrogen and oxygen atoms in total. The summed E-state index contributed by atoms with van der Waals surface area (Å²) in [5, 5.41) is 14.8. The number of nitriles is 1. The third kappa shape index (κ3) is 2.80. The lowest BCUT2D eigenvalue weighted by molar-refractivity contribution is 0.347. The van der Waals surface area contributed by atoms with Gasteiger partial charge in [0, 0.05) is 18.1 Å². The van der Waals surface area contributed by atoms with Gasteiger partial charge in [-0.15, -0.1) is 0 Å². The van der Waals surface area contributed by atoms with E-state index in [1.807, 2.05) is 39.7 Å². The molecule has 1 aliphatic heterocycles. The fraction of sp³-hybridized carbons (Fsp3) is 0.318. The number of hydrogen-bond acceptors (Lipinski definition) is 5. The van der Waals surface area contributed by atoms with E-state index < -0.39 is 0 Å². The molecule has 3 aromatic rings. The van der Waals surface area contributed by atoms with Crippen molar-refractivity contribution in [2.24, 2.45) is 5.73 Å². The summed E-state index contributed by atoms with van der Waals surface area (Å²) in [4.78, 5) is 4.10. The molecule has 7 heteroatoms. The normalized spacial score (nSPS) is 18.5. The summed E-state index contributed by atoms with van der Waals surface area (Å²) in [5.74, 6) is 0.780. The van der Waals surface area contributed by atoms with Crippen LogP contribution < -0.4 is 10.5 Å². The number of hydrogen-bond donors (Lipinski definition) is 1. The van der Waals surface area contributed by atoms with Gasteiger partial charge in [-0.3, -0.25) is 0 Å². The van der Waals surface area contributed by atoms with Crippen molar-refractivity contribution in [2.45, 2.75) is 44.6 Å². The van der Waals surface area contributed by atoms with Crippen LogP contribution in [0.3, 0.4) is 0 Å². The summed E-state index contributed by atoms with van der Waals surface area (Å²) < 4.78 is 9.87. The van der Waals surface area contributed by atoms with Gasteiger partial charge in [-0.25, -0.2) is 9.67 Å². The van der Waals surface area contributed by atoms with Crippen LogP contribution in [0.2, 0.25) is 0 Å². The molecule has 2 aromatic heterocycles. The Morgan fingerprint density at radius 3 is 2.59 bits per heavy atom. The minimum absolute atomic E-state index is 0.167. The molecule has 1 atom stereocenters. The summed E-state index contributed by atoms with van der Waals surface area (Å²) in [6.07, 6.45) is 7.59. The van der Waals surface area contributed by atoms with Crippen LogP contribution in [0.4, 0.5) is 0 Å². The quantitative estimate of drug-likeness (QED) is 0.737. The number of nitrogens with zero attached hydrogens (tertiary/aromatic N) is 5. The Bertz CT molecular complexity index is 1130. The predicted octanol–water partition coefficient (Wildman–Crippen LogP) is 3.75. The molecule has 1 unspecified atom stereocenters. The SMILES string of the molecule is CC(C)c1nn(C2CC2)c2c1C(c1ccc(-n3ccnc3)cc1)C(C#N)=C(N)O2. The van der Waals surface area contributed by atoms with E-state index in [9.17, 15) is 5.26 Å². The molecule has 146 valence electrons. The molecule has 1 fully saturated rings. The second-order valence-corrected chi connectivity index (χ2v) is 7.92. The highest BCUT2D eigenvalue weighted by Crippen LogP contribution is 2.49. The van der Waals surface area contributed by atoms with Gasteiger partial charge in [0.15, 0.2) is 0 Å². The molecule has 0 spiro atoms. The highest BCUT2D eigenvalue weighted by atomic mass is 16.5. The van der Waals surface area contributed by atoms with E-state index in [1.165, 1.54) is 0 Å². The number of allylic oxidation sites excluding steroid dienone is 1. The van der Waals surface area contributed by atoms with E-state index in [1.54, 1.807) is 12.5 Å². The summed E-state index contributed by atoms with van der Waals surface area (Å²) in [5.41, 5.74) is 10.6. The van der Waals surface area contributed by atoms with Gasteiger partial charge in [-0.05, 0) is 36.5 Å². The summed E-state index contributed by atoms with van der Waals surface area (Å²) >= 11 is 0. The monoisotopic (exact) mass is 386 g/mol. The molecule has 0 bridgehead atoms. The Hall–Kier alpha value is -3.53. The molecule has 1 aliphatic carbocycles. The molecule has 3 heterocycles. The molecule has 5 rings (SSSR count). The van der Waals surface area contributed by atoms with E-state index >= 15 is 0 Å². The summed E-state index contributed by atoms with van der Waals surface area (Å²) in [6.45, 7) is 4.24. The largest absolute Gasteiger partial charge is 0.422 e. The van der Waals surface area contributed by atoms with Crippen molar-refractivity contribution in [3.8, 4) is 17.6 Å². The van der Waals surface area contributed by atoms with E-state index in [-0.39, 0.29) is 17.7 Å². The molecule has 2 aliphatic rings. The number of imidazole rings is 1. The van der Waals surface area contributed by atoms with Crippen LogP contribution in [0.25, 0.3) is 5.69 Å². The number of benzene rings is 1. The molecule has 0 radical (unpaired) electrons. The Morgan fingerprint density at radius 2 is 2.00 bits per heavy atom. The first-order valence-corrected chi connectivity index (χ1v) is 9.86. The molecule has 29 heavy (non-hydrogen) atoms. The van der Waals surface area contributed by atoms with Crippen molar-refractivity contribution < 1.29 is 4.74 Å². The van der Waals surface area contributed by atoms with Crippen LogP contribution >= 0.6 is 0 Å². The van der Waals surface area contributed by atoms with Crippen molar-refractivity contribution in [1.29, 1.82) is 5.26 Å². The van der Waals surface area contributed by atoms with Crippen LogP contribution in [0.15, 0.2) is 54.4 Å². The van der Waals surface area contributed by atoms with Gasteiger partial charge in [0.2, 0.25) is 11.8 Å². The smallest absolute Gasteiger partial charge is 0.224 e. The average molecular weight is 386 g/mol. The van der Waals surface area contributed by atoms with E-state index in [4.69, 9.17) is 15.6 Å². The lowest BCUT2D eigenvalue weighted by Crippen LogP contribution is -2.22. The van der Waals surface area contributed by atoms with Gasteiger partial charge in [-0.2, -0.15) is 10.4 Å². The maximum Gasteiger partial charge on any atom is 0.224 e. The van der Waals surface area contributed by atoms with E-state index in [2.05, 4.69) is 24.9 Å². The van der Waals surface area contributed by atoms with Crippen LogP contribution in [0.5, 0.6) is 5.88 Å². The number of fused-ring (bicyclic) bond motifs is 1. The highest BCUT2D eigenvalue weighted by molar-refractivity contribution is 5.57. The number of aromatic nitrogens is 4. The molecule has 0 saturated heterocycles. The highest BCUT2D eigenvalue weighted by Gasteiger charge is 2.40. The first-order chi connectivity index (χ1) is 14.1. The Kier molecular flexibility index (Phi) is 3.95. The fourth-order valence-corrected chi connectivity index (χ4v) is 3.96. The van der Waals surface area contributed by atoms with Gasteiger partial charge in [0.1, 0.15) is 11.6 Å². The third-order valence-corrected chi connectivity index (χ3v) is 5.57. The molecule has 0 amide bonds. The minimum Gasteiger partial charge on any atom is -0.422 e. The Balaban J connectivity index is 1.67. The first kappa shape index (κ1) is 17.6. The van der Waals surface area contributed by atoms with E-state index in [0.717, 1.165) is 35.3 Å². The van der Waals surface area contributed by atoms with Crippen LogP contribution in [0.1, 0.15) is 61.4 Å². The fourth-order valence-electron chi connectivity index (χ4n) is 3.96. The maximum absolute atomic E-state index is 9.87. The lowest BCUT2D eigenvalue weighted by atomic mass is 9.82. The topological polar surface area (TPSA) is 94.7 Å². The predicted molar refractivity (Wildman–Crippen MR) is 107 cm³/mol. The molecular formula is C22H22N6O. The van der Waals surface area contributed by atoms with Crippen molar-refractivity contribution >= 4 is 0 Å². The Labute approximate surface area is 169 Å². The number of rotatable bonds is 4. The van der Waals surface area contributed by atoms with Crippen molar-refractivity contribution in [3.05, 3.63) is 71.3 Å². The maximum atomic E-state index is 9.87. The average Bonchev–Trinajstić information content (AvgIpc) is 3.27. The van der Waals surface area contributed by atoms with Crippen LogP contribution in [0, 0.1) is 11.3 Å². The minimum atomic E-state index is -0.287. The second-order valence-electron chi connectivity index (χ2n) is 7.92. The third-order valence-electron chi connectivity index (χ3n) is 5.57. The van der Waals surface area contributed by atoms with Gasteiger partial charge >= 0.3 is 0 Å². The van der Waals surface area contributed by atoms with E-state index in [0.29, 0.717) is 17.5 Å². The van der Waals surface area contributed by atoms with Crippen molar-refractivity contribution in [2.75, 3.05) is 0 Å². The summed E-state index contributed by atoms with van der Waals surface area (Å²) in [7, 11) is 0. The zero-order chi connectivity index (χ0) is 20.1. The standard InChI is InChI=1S/C22H22N6O/c1-13(2)20-19-18(14-3-5-15(6-4-14)27-10-9-25-12-27)17(11-23)21(24)29-22(19)28(26-20)16-7-8-16/h3-6,9-10,12-13,16,18H,7-8,24H2,1-2H3. The lowest BCUT2D eigenvalue weighted by Gasteiger charge is -2.25. The van der Waals surface area contributed by atoms with Gasteiger partial charge in [0.25, 0.3) is 0 Å². The number of nitrogens with two attached hydrogens (primary N) is 1. The zero-order valence-corrected chi connectivity index (χ0v) is 16.4. The first-order valence-electron chi connectivity index (χ1n) is 9.86. The summed E-state index contributed by atoms with van der Waals surface area (Å²) in [6, 6.07) is 10.8. The van der Waals surface area contributed by atoms with Crippen molar-refractivity contribution in [3.63, 3.8) is 0 Å². The van der Waals surface area contributed by atoms with Gasteiger partial charge in [-0.1, -0.05) is 26.0 Å². The second kappa shape index (κ2) is 6.52. The van der Waals surface area contributed by atoms with Crippen LogP contribution in [-0.4, -0.2) is 19.3 Å².